The second-order valence-corrected chi connectivity index (χ2v) is 5.30. The monoisotopic (exact) mass is 250 g/mol. The van der Waals surface area contributed by atoms with Gasteiger partial charge in [0.05, 0.1) is 12.5 Å². The maximum atomic E-state index is 11.8. The van der Waals surface area contributed by atoms with E-state index in [-0.39, 0.29) is 12.0 Å². The summed E-state index contributed by atoms with van der Waals surface area (Å²) in [4.78, 5) is 14.8. The molecule has 0 bridgehead atoms. The number of ether oxygens (including phenoxy) is 1. The summed E-state index contributed by atoms with van der Waals surface area (Å²) in [7, 11) is 0. The molecule has 2 rings (SSSR count). The fourth-order valence-corrected chi connectivity index (χ4v) is 2.57. The quantitative estimate of drug-likeness (QED) is 0.836. The van der Waals surface area contributed by atoms with Crippen LogP contribution in [0, 0.1) is 11.8 Å². The van der Waals surface area contributed by atoms with Gasteiger partial charge in [-0.25, -0.2) is 0 Å². The molecular weight excluding hydrogens is 228 g/mol. The summed E-state index contributed by atoms with van der Waals surface area (Å²) in [5.74, 6) is 1.04. The molecule has 1 saturated heterocycles. The molecule has 4 heteroatoms. The molecule has 0 radical (unpaired) electrons. The molecule has 0 saturated carbocycles. The van der Waals surface area contributed by atoms with Gasteiger partial charge in [-0.05, 0) is 24.5 Å². The van der Waals surface area contributed by atoms with Gasteiger partial charge in [-0.2, -0.15) is 0 Å². The van der Waals surface area contributed by atoms with Crippen LogP contribution >= 0.6 is 0 Å². The molecule has 1 amide bonds. The zero-order valence-electron chi connectivity index (χ0n) is 11.1. The lowest BCUT2D eigenvalue weighted by Crippen LogP contribution is -2.35. The third kappa shape index (κ3) is 3.35. The summed E-state index contributed by atoms with van der Waals surface area (Å²) in [6, 6.07) is 3.83. The predicted octanol–water partition coefficient (Wildman–Crippen LogP) is 1.73. The second kappa shape index (κ2) is 6.05. The summed E-state index contributed by atoms with van der Waals surface area (Å²) in [5, 5.41) is 3.01. The minimum absolute atomic E-state index is 0.0758. The number of H-pyrrole nitrogens is 1. The maximum absolute atomic E-state index is 11.8. The van der Waals surface area contributed by atoms with Crippen molar-refractivity contribution in [1.29, 1.82) is 0 Å². The van der Waals surface area contributed by atoms with Crippen LogP contribution in [0.5, 0.6) is 0 Å². The molecule has 0 unspecified atom stereocenters. The van der Waals surface area contributed by atoms with Gasteiger partial charge in [0.25, 0.3) is 0 Å². The minimum Gasteiger partial charge on any atom is -0.378 e. The minimum atomic E-state index is 0.0758. The Morgan fingerprint density at radius 3 is 3.11 bits per heavy atom. The van der Waals surface area contributed by atoms with E-state index >= 15 is 0 Å². The molecule has 2 N–H and O–H groups in total. The molecule has 1 aromatic rings. The summed E-state index contributed by atoms with van der Waals surface area (Å²) in [5.41, 5.74) is 0.954. The first-order valence-electron chi connectivity index (χ1n) is 6.67. The van der Waals surface area contributed by atoms with E-state index in [1.54, 1.807) is 0 Å². The highest BCUT2D eigenvalue weighted by Crippen LogP contribution is 2.26. The molecule has 1 aliphatic rings. The van der Waals surface area contributed by atoms with Gasteiger partial charge in [0.15, 0.2) is 0 Å². The molecule has 0 aromatic carbocycles. The Bertz CT molecular complexity index is 373. The van der Waals surface area contributed by atoms with Crippen molar-refractivity contribution >= 4 is 5.91 Å². The summed E-state index contributed by atoms with van der Waals surface area (Å²) in [6.07, 6.45) is 3.59. The highest BCUT2D eigenvalue weighted by atomic mass is 16.5. The van der Waals surface area contributed by atoms with E-state index in [0.29, 0.717) is 18.3 Å². The van der Waals surface area contributed by atoms with E-state index in [4.69, 9.17) is 4.74 Å². The molecule has 0 spiro atoms. The number of carbonyl (C=O) groups excluding carboxylic acids is 1. The second-order valence-electron chi connectivity index (χ2n) is 5.30. The first-order valence-corrected chi connectivity index (χ1v) is 6.67. The lowest BCUT2D eigenvalue weighted by atomic mass is 9.93. The third-order valence-electron chi connectivity index (χ3n) is 3.50. The average molecular weight is 250 g/mol. The first-order chi connectivity index (χ1) is 8.66. The summed E-state index contributed by atoms with van der Waals surface area (Å²) in [6.45, 7) is 5.88. The van der Waals surface area contributed by atoms with Gasteiger partial charge in [-0.15, -0.1) is 0 Å². The Hall–Kier alpha value is -1.29. The first kappa shape index (κ1) is 13.1. The van der Waals surface area contributed by atoms with Crippen LogP contribution < -0.4 is 5.32 Å². The number of nitrogens with one attached hydrogen (secondary N) is 2. The lowest BCUT2D eigenvalue weighted by molar-refractivity contribution is -0.120. The van der Waals surface area contributed by atoms with Crippen molar-refractivity contribution in [3.05, 3.63) is 24.0 Å². The number of aromatic nitrogens is 1. The number of amides is 1. The maximum Gasteiger partial charge on any atom is 0.225 e. The SMILES string of the molecule is CC(C)[C@H]1OCC[C@@H]1CNC(=O)Cc1ccc[nH]1. The van der Waals surface area contributed by atoms with Crippen molar-refractivity contribution in [3.63, 3.8) is 0 Å². The van der Waals surface area contributed by atoms with Crippen LogP contribution in [-0.2, 0) is 16.0 Å². The van der Waals surface area contributed by atoms with Crippen molar-refractivity contribution in [1.82, 2.24) is 10.3 Å². The molecule has 4 nitrogen and oxygen atoms in total. The van der Waals surface area contributed by atoms with E-state index in [1.807, 2.05) is 18.3 Å². The number of hydrogen-bond acceptors (Lipinski definition) is 2. The topological polar surface area (TPSA) is 54.1 Å². The van der Waals surface area contributed by atoms with E-state index in [1.165, 1.54) is 0 Å². The number of rotatable bonds is 5. The van der Waals surface area contributed by atoms with Gasteiger partial charge >= 0.3 is 0 Å². The van der Waals surface area contributed by atoms with Crippen LogP contribution in [0.3, 0.4) is 0 Å². The Kier molecular flexibility index (Phi) is 4.42. The summed E-state index contributed by atoms with van der Waals surface area (Å²) < 4.78 is 5.71. The van der Waals surface area contributed by atoms with Crippen molar-refractivity contribution in [2.75, 3.05) is 13.2 Å². The smallest absolute Gasteiger partial charge is 0.225 e. The Morgan fingerprint density at radius 2 is 2.44 bits per heavy atom. The van der Waals surface area contributed by atoms with E-state index in [9.17, 15) is 4.79 Å². The van der Waals surface area contributed by atoms with Crippen LogP contribution in [0.15, 0.2) is 18.3 Å². The normalized spacial score (nSPS) is 23.5. The molecule has 100 valence electrons. The van der Waals surface area contributed by atoms with Gasteiger partial charge in [-0.1, -0.05) is 13.8 Å². The fraction of sp³-hybridized carbons (Fsp3) is 0.643. The van der Waals surface area contributed by atoms with Crippen LogP contribution in [0.1, 0.15) is 26.0 Å². The van der Waals surface area contributed by atoms with E-state index in [0.717, 1.165) is 25.3 Å². The summed E-state index contributed by atoms with van der Waals surface area (Å²) >= 11 is 0. The highest BCUT2D eigenvalue weighted by molar-refractivity contribution is 5.78. The van der Waals surface area contributed by atoms with Crippen LogP contribution in [-0.4, -0.2) is 30.1 Å². The molecule has 0 aliphatic carbocycles. The predicted molar refractivity (Wildman–Crippen MR) is 70.2 cm³/mol. The van der Waals surface area contributed by atoms with Gasteiger partial charge in [0.1, 0.15) is 0 Å². The highest BCUT2D eigenvalue weighted by Gasteiger charge is 2.30. The zero-order chi connectivity index (χ0) is 13.0. The standard InChI is InChI=1S/C14H22N2O2/c1-10(2)14-11(5-7-18-14)9-16-13(17)8-12-4-3-6-15-12/h3-4,6,10-11,14-15H,5,7-9H2,1-2H3,(H,16,17)/t11-,14-/m1/s1. The molecule has 1 aliphatic heterocycles. The Balaban J connectivity index is 1.75. The molecule has 2 atom stereocenters. The molecule has 1 aromatic heterocycles. The van der Waals surface area contributed by atoms with E-state index < -0.39 is 0 Å². The van der Waals surface area contributed by atoms with Crippen LogP contribution in [0.4, 0.5) is 0 Å². The number of hydrogen-bond donors (Lipinski definition) is 2. The van der Waals surface area contributed by atoms with Crippen molar-refractivity contribution in [2.24, 2.45) is 11.8 Å². The molecule has 18 heavy (non-hydrogen) atoms. The average Bonchev–Trinajstić information content (AvgIpc) is 2.96. The van der Waals surface area contributed by atoms with Crippen LogP contribution in [0.2, 0.25) is 0 Å². The largest absolute Gasteiger partial charge is 0.378 e. The van der Waals surface area contributed by atoms with E-state index in [2.05, 4.69) is 24.1 Å². The molecular formula is C14H22N2O2. The molecule has 2 heterocycles. The third-order valence-corrected chi connectivity index (χ3v) is 3.50. The van der Waals surface area contributed by atoms with Gasteiger partial charge in [0.2, 0.25) is 5.91 Å². The molecule has 1 fully saturated rings. The fourth-order valence-electron chi connectivity index (χ4n) is 2.57. The van der Waals surface area contributed by atoms with Crippen molar-refractivity contribution in [2.45, 2.75) is 32.8 Å². The van der Waals surface area contributed by atoms with Crippen molar-refractivity contribution in [3.8, 4) is 0 Å². The number of aromatic amines is 1. The van der Waals surface area contributed by atoms with Crippen LogP contribution in [0.25, 0.3) is 0 Å². The van der Waals surface area contributed by atoms with Crippen molar-refractivity contribution < 1.29 is 9.53 Å². The van der Waals surface area contributed by atoms with Gasteiger partial charge in [-0.3, -0.25) is 4.79 Å². The van der Waals surface area contributed by atoms with Gasteiger partial charge in [0, 0.05) is 31.0 Å². The van der Waals surface area contributed by atoms with Gasteiger partial charge < -0.3 is 15.0 Å². The Morgan fingerprint density at radius 1 is 1.61 bits per heavy atom. The zero-order valence-corrected chi connectivity index (χ0v) is 11.1. The lowest BCUT2D eigenvalue weighted by Gasteiger charge is -2.22. The Labute approximate surface area is 108 Å². The number of carbonyl (C=O) groups is 1.